The lowest BCUT2D eigenvalue weighted by molar-refractivity contribution is 0.0946. The summed E-state index contributed by atoms with van der Waals surface area (Å²) in [6, 6.07) is 8.00. The van der Waals surface area contributed by atoms with Crippen molar-refractivity contribution in [1.29, 1.82) is 0 Å². The minimum absolute atomic E-state index is 0.0323. The fourth-order valence-electron chi connectivity index (χ4n) is 3.73. The molecule has 4 heteroatoms. The minimum Gasteiger partial charge on any atom is -0.396 e. The van der Waals surface area contributed by atoms with Crippen molar-refractivity contribution in [2.45, 2.75) is 38.6 Å². The van der Waals surface area contributed by atoms with Gasteiger partial charge in [0.2, 0.25) is 0 Å². The van der Waals surface area contributed by atoms with E-state index >= 15 is 0 Å². The molecular formula is C21H30N2O2. The second-order valence-electron chi connectivity index (χ2n) is 7.46. The van der Waals surface area contributed by atoms with Crippen LogP contribution in [0.2, 0.25) is 0 Å². The Morgan fingerprint density at radius 2 is 1.84 bits per heavy atom. The van der Waals surface area contributed by atoms with E-state index in [1.165, 1.54) is 12.0 Å². The molecule has 0 saturated carbocycles. The number of likely N-dealkylation sites (tertiary alicyclic amines) is 1. The molecule has 136 valence electrons. The highest BCUT2D eigenvalue weighted by Crippen LogP contribution is 2.19. The summed E-state index contributed by atoms with van der Waals surface area (Å²) in [5.41, 5.74) is 1.99. The van der Waals surface area contributed by atoms with Gasteiger partial charge in [-0.1, -0.05) is 24.3 Å². The summed E-state index contributed by atoms with van der Waals surface area (Å²) in [4.78, 5) is 14.7. The smallest absolute Gasteiger partial charge is 0.251 e. The third-order valence-corrected chi connectivity index (χ3v) is 5.52. The zero-order valence-corrected chi connectivity index (χ0v) is 15.0. The molecular weight excluding hydrogens is 312 g/mol. The van der Waals surface area contributed by atoms with E-state index in [2.05, 4.69) is 34.5 Å². The van der Waals surface area contributed by atoms with Gasteiger partial charge in [0.1, 0.15) is 0 Å². The van der Waals surface area contributed by atoms with Crippen molar-refractivity contribution in [1.82, 2.24) is 10.2 Å². The van der Waals surface area contributed by atoms with E-state index in [-0.39, 0.29) is 5.91 Å². The highest BCUT2D eigenvalue weighted by molar-refractivity contribution is 5.94. The normalized spacial score (nSPS) is 22.0. The fraction of sp³-hybridized carbons (Fsp3) is 0.571. The first-order valence-electron chi connectivity index (χ1n) is 9.60. The van der Waals surface area contributed by atoms with Crippen molar-refractivity contribution in [3.63, 3.8) is 0 Å². The number of amides is 1. The molecule has 0 unspecified atom stereocenters. The van der Waals surface area contributed by atoms with Gasteiger partial charge in [0, 0.05) is 25.3 Å². The second-order valence-corrected chi connectivity index (χ2v) is 7.46. The standard InChI is InChI=1S/C21H30N2O2/c24-16-19-10-12-23(13-11-19)15-18-6-8-20(9-7-18)21(25)22-14-17-4-2-1-3-5-17/h1-2,6-9,17,19,24H,3-5,10-16H2,(H,22,25)/t17-/m1/s1. The van der Waals surface area contributed by atoms with Gasteiger partial charge in [-0.15, -0.1) is 0 Å². The third-order valence-electron chi connectivity index (χ3n) is 5.52. The topological polar surface area (TPSA) is 52.6 Å². The van der Waals surface area contributed by atoms with Crippen LogP contribution in [0.5, 0.6) is 0 Å². The summed E-state index contributed by atoms with van der Waals surface area (Å²) in [5.74, 6) is 1.09. The highest BCUT2D eigenvalue weighted by atomic mass is 16.3. The Balaban J connectivity index is 1.45. The summed E-state index contributed by atoms with van der Waals surface area (Å²) in [7, 11) is 0. The Bertz CT molecular complexity index is 574. The third kappa shape index (κ3) is 5.41. The molecule has 1 aliphatic heterocycles. The van der Waals surface area contributed by atoms with Crippen molar-refractivity contribution in [2.75, 3.05) is 26.2 Å². The van der Waals surface area contributed by atoms with Gasteiger partial charge in [-0.05, 0) is 74.7 Å². The van der Waals surface area contributed by atoms with Gasteiger partial charge in [-0.2, -0.15) is 0 Å². The van der Waals surface area contributed by atoms with E-state index in [9.17, 15) is 9.90 Å². The molecule has 4 nitrogen and oxygen atoms in total. The van der Waals surface area contributed by atoms with Gasteiger partial charge >= 0.3 is 0 Å². The van der Waals surface area contributed by atoms with Gasteiger partial charge < -0.3 is 10.4 Å². The first kappa shape index (κ1) is 18.2. The molecule has 1 aromatic carbocycles. The largest absolute Gasteiger partial charge is 0.396 e. The molecule has 3 rings (SSSR count). The van der Waals surface area contributed by atoms with Crippen LogP contribution < -0.4 is 5.32 Å². The summed E-state index contributed by atoms with van der Waals surface area (Å²) in [6.07, 6.45) is 9.97. The number of carbonyl (C=O) groups excluding carboxylic acids is 1. The minimum atomic E-state index is 0.0323. The number of allylic oxidation sites excluding steroid dienone is 2. The Labute approximate surface area is 150 Å². The van der Waals surface area contributed by atoms with Crippen LogP contribution in [0.1, 0.15) is 48.0 Å². The molecule has 1 fully saturated rings. The maximum Gasteiger partial charge on any atom is 0.251 e. The Morgan fingerprint density at radius 3 is 2.48 bits per heavy atom. The second kappa shape index (κ2) is 9.16. The zero-order valence-electron chi connectivity index (χ0n) is 15.0. The van der Waals surface area contributed by atoms with Crippen molar-refractivity contribution in [3.05, 3.63) is 47.5 Å². The maximum absolute atomic E-state index is 12.3. The lowest BCUT2D eigenvalue weighted by Crippen LogP contribution is -2.34. The lowest BCUT2D eigenvalue weighted by Gasteiger charge is -2.31. The van der Waals surface area contributed by atoms with E-state index < -0.39 is 0 Å². The molecule has 25 heavy (non-hydrogen) atoms. The number of rotatable bonds is 6. The first-order valence-corrected chi connectivity index (χ1v) is 9.60. The number of aliphatic hydroxyl groups excluding tert-OH is 1. The quantitative estimate of drug-likeness (QED) is 0.782. The molecule has 0 bridgehead atoms. The average Bonchev–Trinajstić information content (AvgIpc) is 2.68. The van der Waals surface area contributed by atoms with Crippen LogP contribution in [-0.4, -0.2) is 42.2 Å². The van der Waals surface area contributed by atoms with Gasteiger partial charge in [0.25, 0.3) is 5.91 Å². The van der Waals surface area contributed by atoms with Crippen molar-refractivity contribution in [2.24, 2.45) is 11.8 Å². The molecule has 1 heterocycles. The van der Waals surface area contributed by atoms with Crippen molar-refractivity contribution in [3.8, 4) is 0 Å². The summed E-state index contributed by atoms with van der Waals surface area (Å²) in [5, 5.41) is 12.3. The van der Waals surface area contributed by atoms with Crippen LogP contribution in [0, 0.1) is 11.8 Å². The SMILES string of the molecule is O=C(NC[C@@H]1CC=CCC1)c1ccc(CN2CCC(CO)CC2)cc1. The predicted molar refractivity (Wildman–Crippen MR) is 100 cm³/mol. The van der Waals surface area contributed by atoms with Crippen molar-refractivity contribution >= 4 is 5.91 Å². The molecule has 1 saturated heterocycles. The van der Waals surface area contributed by atoms with Crippen LogP contribution in [0.3, 0.4) is 0 Å². The van der Waals surface area contributed by atoms with E-state index in [1.54, 1.807) is 0 Å². The molecule has 1 atom stereocenters. The molecule has 0 aromatic heterocycles. The number of benzene rings is 1. The Morgan fingerprint density at radius 1 is 1.08 bits per heavy atom. The molecule has 2 N–H and O–H groups in total. The van der Waals surface area contributed by atoms with Crippen LogP contribution in [0.25, 0.3) is 0 Å². The Kier molecular flexibility index (Phi) is 6.65. The number of hydrogen-bond acceptors (Lipinski definition) is 3. The number of aliphatic hydroxyl groups is 1. The van der Waals surface area contributed by atoms with E-state index in [0.717, 1.165) is 57.4 Å². The van der Waals surface area contributed by atoms with E-state index in [0.29, 0.717) is 18.4 Å². The monoisotopic (exact) mass is 342 g/mol. The molecule has 1 amide bonds. The molecule has 0 spiro atoms. The fourth-order valence-corrected chi connectivity index (χ4v) is 3.73. The number of carbonyl (C=O) groups is 1. The summed E-state index contributed by atoms with van der Waals surface area (Å²) < 4.78 is 0. The van der Waals surface area contributed by atoms with E-state index in [4.69, 9.17) is 0 Å². The van der Waals surface area contributed by atoms with Crippen LogP contribution in [0.4, 0.5) is 0 Å². The summed E-state index contributed by atoms with van der Waals surface area (Å²) in [6.45, 7) is 4.10. The van der Waals surface area contributed by atoms with Gasteiger partial charge in [-0.25, -0.2) is 0 Å². The number of piperidine rings is 1. The molecule has 1 aliphatic carbocycles. The molecule has 2 aliphatic rings. The van der Waals surface area contributed by atoms with Gasteiger partial charge in [-0.3, -0.25) is 9.69 Å². The van der Waals surface area contributed by atoms with Crippen molar-refractivity contribution < 1.29 is 9.90 Å². The first-order chi connectivity index (χ1) is 12.2. The zero-order chi connectivity index (χ0) is 17.5. The molecule has 0 radical (unpaired) electrons. The number of nitrogens with one attached hydrogen (secondary N) is 1. The summed E-state index contributed by atoms with van der Waals surface area (Å²) >= 11 is 0. The van der Waals surface area contributed by atoms with Crippen LogP contribution in [0.15, 0.2) is 36.4 Å². The molecule has 1 aromatic rings. The Hall–Kier alpha value is -1.65. The highest BCUT2D eigenvalue weighted by Gasteiger charge is 2.18. The lowest BCUT2D eigenvalue weighted by atomic mass is 9.94. The van der Waals surface area contributed by atoms with E-state index in [1.807, 2.05) is 12.1 Å². The average molecular weight is 342 g/mol. The maximum atomic E-state index is 12.3. The number of nitrogens with zero attached hydrogens (tertiary/aromatic N) is 1. The van der Waals surface area contributed by atoms with Gasteiger partial charge in [0.15, 0.2) is 0 Å². The number of hydrogen-bond donors (Lipinski definition) is 2. The van der Waals surface area contributed by atoms with Gasteiger partial charge in [0.05, 0.1) is 0 Å². The van der Waals surface area contributed by atoms with Crippen LogP contribution in [-0.2, 0) is 6.54 Å². The van der Waals surface area contributed by atoms with Crippen LogP contribution >= 0.6 is 0 Å². The predicted octanol–water partition coefficient (Wildman–Crippen LogP) is 2.98.